The lowest BCUT2D eigenvalue weighted by Gasteiger charge is -2.18. The van der Waals surface area contributed by atoms with Crippen LogP contribution in [0.3, 0.4) is 0 Å². The molecule has 0 radical (unpaired) electrons. The zero-order valence-electron chi connectivity index (χ0n) is 8.93. The average molecular weight is 208 g/mol. The second-order valence-corrected chi connectivity index (χ2v) is 4.55. The van der Waals surface area contributed by atoms with Crippen LogP contribution in [-0.4, -0.2) is 11.0 Å². The van der Waals surface area contributed by atoms with E-state index >= 15 is 0 Å². The Balaban J connectivity index is 1.93. The van der Waals surface area contributed by atoms with E-state index in [9.17, 15) is 0 Å². The molecule has 4 rings (SSSR count). The van der Waals surface area contributed by atoms with Gasteiger partial charge in [0.05, 0.1) is 0 Å². The molecule has 1 aromatic carbocycles. The fourth-order valence-corrected chi connectivity index (χ4v) is 2.97. The van der Waals surface area contributed by atoms with Crippen LogP contribution >= 0.6 is 0 Å². The highest BCUT2D eigenvalue weighted by atomic mass is 15.3. The molecular formula is C14H12N2. The van der Waals surface area contributed by atoms with E-state index in [4.69, 9.17) is 0 Å². The fraction of sp³-hybridized carbons (Fsp3) is 0.214. The molecule has 3 heterocycles. The first kappa shape index (κ1) is 8.34. The van der Waals surface area contributed by atoms with Crippen LogP contribution in [0.2, 0.25) is 0 Å². The molecule has 2 aliphatic heterocycles. The Bertz CT molecular complexity index is 513. The summed E-state index contributed by atoms with van der Waals surface area (Å²) < 4.78 is 0. The van der Waals surface area contributed by atoms with Gasteiger partial charge in [0.1, 0.15) is 5.82 Å². The predicted molar refractivity (Wildman–Crippen MR) is 64.0 cm³/mol. The third kappa shape index (κ3) is 0.941. The highest BCUT2D eigenvalue weighted by molar-refractivity contribution is 5.74. The van der Waals surface area contributed by atoms with Crippen molar-refractivity contribution in [2.45, 2.75) is 18.9 Å². The Morgan fingerprint density at radius 2 is 1.81 bits per heavy atom. The Morgan fingerprint density at radius 3 is 2.81 bits per heavy atom. The summed E-state index contributed by atoms with van der Waals surface area (Å²) >= 11 is 0. The Labute approximate surface area is 94.6 Å². The van der Waals surface area contributed by atoms with Gasteiger partial charge in [-0.15, -0.1) is 0 Å². The first-order valence-corrected chi connectivity index (χ1v) is 5.74. The molecule has 0 bridgehead atoms. The van der Waals surface area contributed by atoms with Crippen LogP contribution in [0.5, 0.6) is 0 Å². The van der Waals surface area contributed by atoms with Gasteiger partial charge in [0.15, 0.2) is 0 Å². The molecular weight excluding hydrogens is 196 g/mol. The molecule has 0 saturated heterocycles. The molecule has 78 valence electrons. The van der Waals surface area contributed by atoms with Crippen molar-refractivity contribution in [1.82, 2.24) is 4.98 Å². The average Bonchev–Trinajstić information content (AvgIpc) is 2.83. The number of aromatic nitrogens is 1. The maximum absolute atomic E-state index is 4.53. The van der Waals surface area contributed by atoms with Crippen LogP contribution in [0.25, 0.3) is 0 Å². The van der Waals surface area contributed by atoms with Gasteiger partial charge in [0.2, 0.25) is 0 Å². The molecule has 0 fully saturated rings. The number of para-hydroxylation sites is 1. The second-order valence-electron chi connectivity index (χ2n) is 4.55. The van der Waals surface area contributed by atoms with Crippen LogP contribution in [-0.2, 0) is 12.8 Å². The number of hydrogen-bond acceptors (Lipinski definition) is 2. The number of pyridine rings is 1. The summed E-state index contributed by atoms with van der Waals surface area (Å²) in [6.07, 6.45) is 4.19. The third-order valence-electron chi connectivity index (χ3n) is 3.62. The smallest absolute Gasteiger partial charge is 0.136 e. The van der Waals surface area contributed by atoms with Gasteiger partial charge in [-0.2, -0.15) is 0 Å². The summed E-state index contributed by atoms with van der Waals surface area (Å²) in [6.45, 7) is 0. The standard InChI is InChI=1S/C14H12N2/c1-2-6-13-10(4-1)8-12-9-11-5-3-7-15-14(11)16(12)13/h1-7,12H,8-9H2. The van der Waals surface area contributed by atoms with E-state index in [1.807, 2.05) is 12.3 Å². The second kappa shape index (κ2) is 2.85. The number of fused-ring (bicyclic) bond motifs is 5. The van der Waals surface area contributed by atoms with E-state index in [-0.39, 0.29) is 0 Å². The summed E-state index contributed by atoms with van der Waals surface area (Å²) in [4.78, 5) is 6.93. The molecule has 0 spiro atoms. The maximum Gasteiger partial charge on any atom is 0.136 e. The molecule has 1 unspecified atom stereocenters. The van der Waals surface area contributed by atoms with Crippen LogP contribution in [0.15, 0.2) is 42.6 Å². The number of anilines is 2. The lowest BCUT2D eigenvalue weighted by atomic mass is 10.1. The van der Waals surface area contributed by atoms with Crippen molar-refractivity contribution in [2.24, 2.45) is 0 Å². The lowest BCUT2D eigenvalue weighted by molar-refractivity contribution is 0.723. The minimum atomic E-state index is 0.599. The van der Waals surface area contributed by atoms with Crippen molar-refractivity contribution in [3.8, 4) is 0 Å². The number of benzene rings is 1. The predicted octanol–water partition coefficient (Wildman–Crippen LogP) is 2.70. The van der Waals surface area contributed by atoms with Crippen LogP contribution in [0.1, 0.15) is 11.1 Å². The molecule has 0 amide bonds. The quantitative estimate of drug-likeness (QED) is 0.661. The van der Waals surface area contributed by atoms with Gasteiger partial charge in [-0.25, -0.2) is 4.98 Å². The molecule has 1 atom stereocenters. The first-order valence-electron chi connectivity index (χ1n) is 5.74. The Morgan fingerprint density at radius 1 is 1.00 bits per heavy atom. The maximum atomic E-state index is 4.53. The van der Waals surface area contributed by atoms with Crippen molar-refractivity contribution in [3.05, 3.63) is 53.7 Å². The number of hydrogen-bond donors (Lipinski definition) is 0. The van der Waals surface area contributed by atoms with E-state index in [2.05, 4.69) is 40.2 Å². The summed E-state index contributed by atoms with van der Waals surface area (Å²) in [5, 5.41) is 0. The monoisotopic (exact) mass is 208 g/mol. The van der Waals surface area contributed by atoms with Gasteiger partial charge < -0.3 is 4.90 Å². The van der Waals surface area contributed by atoms with Gasteiger partial charge >= 0.3 is 0 Å². The summed E-state index contributed by atoms with van der Waals surface area (Å²) in [5.41, 5.74) is 4.20. The van der Waals surface area contributed by atoms with Gasteiger partial charge in [0.25, 0.3) is 0 Å². The molecule has 2 nitrogen and oxygen atoms in total. The SMILES string of the molecule is c1ccc2c(c1)CC1Cc3cccnc3N21. The van der Waals surface area contributed by atoms with Gasteiger partial charge in [0, 0.05) is 17.9 Å². The molecule has 0 saturated carbocycles. The van der Waals surface area contributed by atoms with Crippen molar-refractivity contribution in [3.63, 3.8) is 0 Å². The Kier molecular flexibility index (Phi) is 1.48. The summed E-state index contributed by atoms with van der Waals surface area (Å²) in [5.74, 6) is 1.16. The summed E-state index contributed by atoms with van der Waals surface area (Å²) in [6, 6.07) is 13.5. The van der Waals surface area contributed by atoms with E-state index in [1.54, 1.807) is 0 Å². The molecule has 2 heteroatoms. The van der Waals surface area contributed by atoms with Gasteiger partial charge in [-0.1, -0.05) is 24.3 Å². The van der Waals surface area contributed by atoms with Gasteiger partial charge in [-0.05, 0) is 36.1 Å². The molecule has 0 aliphatic carbocycles. The van der Waals surface area contributed by atoms with Crippen molar-refractivity contribution >= 4 is 11.5 Å². The lowest BCUT2D eigenvalue weighted by Crippen LogP contribution is -2.22. The highest BCUT2D eigenvalue weighted by Crippen LogP contribution is 2.44. The molecule has 2 aromatic rings. The Hall–Kier alpha value is -1.83. The van der Waals surface area contributed by atoms with Crippen LogP contribution in [0, 0.1) is 0 Å². The molecule has 0 N–H and O–H groups in total. The van der Waals surface area contributed by atoms with E-state index in [0.717, 1.165) is 18.7 Å². The van der Waals surface area contributed by atoms with Crippen LogP contribution < -0.4 is 4.90 Å². The largest absolute Gasteiger partial charge is 0.322 e. The minimum Gasteiger partial charge on any atom is -0.322 e. The zero-order chi connectivity index (χ0) is 10.5. The minimum absolute atomic E-state index is 0.599. The van der Waals surface area contributed by atoms with Gasteiger partial charge in [-0.3, -0.25) is 0 Å². The van der Waals surface area contributed by atoms with E-state index in [1.165, 1.54) is 16.8 Å². The van der Waals surface area contributed by atoms with Crippen molar-refractivity contribution < 1.29 is 0 Å². The van der Waals surface area contributed by atoms with Crippen LogP contribution in [0.4, 0.5) is 11.5 Å². The normalized spacial score (nSPS) is 20.5. The molecule has 2 aliphatic rings. The third-order valence-corrected chi connectivity index (χ3v) is 3.62. The highest BCUT2D eigenvalue weighted by Gasteiger charge is 2.37. The zero-order valence-corrected chi connectivity index (χ0v) is 8.93. The topological polar surface area (TPSA) is 16.1 Å². The van der Waals surface area contributed by atoms with Crippen molar-refractivity contribution in [2.75, 3.05) is 4.90 Å². The van der Waals surface area contributed by atoms with E-state index < -0.39 is 0 Å². The molecule has 1 aromatic heterocycles. The number of rotatable bonds is 0. The van der Waals surface area contributed by atoms with E-state index in [0.29, 0.717) is 6.04 Å². The fourth-order valence-electron chi connectivity index (χ4n) is 2.97. The molecule has 16 heavy (non-hydrogen) atoms. The van der Waals surface area contributed by atoms with Crippen molar-refractivity contribution in [1.29, 1.82) is 0 Å². The summed E-state index contributed by atoms with van der Waals surface area (Å²) in [7, 11) is 0. The first-order chi connectivity index (χ1) is 7.93. The number of nitrogens with zero attached hydrogens (tertiary/aromatic N) is 2.